The van der Waals surface area contributed by atoms with Gasteiger partial charge < -0.3 is 0 Å². The monoisotopic (exact) mass is 230 g/mol. The van der Waals surface area contributed by atoms with E-state index in [0.717, 1.165) is 29.9 Å². The number of H-pyrrole nitrogens is 2. The number of tetrazole rings is 1. The van der Waals surface area contributed by atoms with Crippen molar-refractivity contribution in [3.8, 4) is 11.5 Å². The standard InChI is InChI=1S/C11H14N6/c1-2-3-5-6-4-7-9(8(5)6)12-13-10(7)11-14-16-17-15-11/h5-6,8H,2-4H2,1H3,(H,12,13)(H,14,15,16,17)/t5-,6-,8+/m1/s1. The summed E-state index contributed by atoms with van der Waals surface area (Å²) in [5.74, 6) is 3.05. The predicted molar refractivity (Wildman–Crippen MR) is 60.1 cm³/mol. The van der Waals surface area contributed by atoms with Gasteiger partial charge >= 0.3 is 0 Å². The quantitative estimate of drug-likeness (QED) is 0.831. The molecule has 2 aliphatic rings. The first-order chi connectivity index (χ1) is 8.40. The maximum absolute atomic E-state index is 4.34. The first kappa shape index (κ1) is 9.32. The SMILES string of the molecule is CCC[C@@H]1[C@H]2Cc3c(-c4nn[nH]n4)n[nH]c3[C@@H]12. The summed E-state index contributed by atoms with van der Waals surface area (Å²) >= 11 is 0. The Bertz CT molecular complexity index is 542. The minimum atomic E-state index is 0.607. The lowest BCUT2D eigenvalue weighted by Crippen LogP contribution is -1.94. The van der Waals surface area contributed by atoms with Gasteiger partial charge in [-0.1, -0.05) is 13.3 Å². The lowest BCUT2D eigenvalue weighted by atomic mass is 10.0. The van der Waals surface area contributed by atoms with Gasteiger partial charge in [0.15, 0.2) is 0 Å². The van der Waals surface area contributed by atoms with Crippen LogP contribution in [0, 0.1) is 11.8 Å². The molecule has 0 bridgehead atoms. The largest absolute Gasteiger partial charge is 0.281 e. The molecule has 2 N–H and O–H groups in total. The van der Waals surface area contributed by atoms with Gasteiger partial charge in [-0.15, -0.1) is 10.2 Å². The molecule has 0 aromatic carbocycles. The van der Waals surface area contributed by atoms with Gasteiger partial charge in [-0.3, -0.25) is 5.10 Å². The van der Waals surface area contributed by atoms with E-state index in [1.54, 1.807) is 0 Å². The number of aromatic amines is 2. The molecule has 3 atom stereocenters. The number of nitrogens with zero attached hydrogens (tertiary/aromatic N) is 4. The van der Waals surface area contributed by atoms with Gasteiger partial charge in [0.1, 0.15) is 5.69 Å². The highest BCUT2D eigenvalue weighted by Crippen LogP contribution is 2.63. The van der Waals surface area contributed by atoms with Crippen LogP contribution in [0.25, 0.3) is 11.5 Å². The smallest absolute Gasteiger partial charge is 0.225 e. The van der Waals surface area contributed by atoms with Crippen molar-refractivity contribution < 1.29 is 0 Å². The highest BCUT2D eigenvalue weighted by Gasteiger charge is 2.56. The molecule has 0 unspecified atom stereocenters. The Morgan fingerprint density at radius 3 is 3.06 bits per heavy atom. The molecule has 4 rings (SSSR count). The maximum atomic E-state index is 4.34. The second kappa shape index (κ2) is 3.15. The molecular formula is C11H14N6. The predicted octanol–water partition coefficient (Wildman–Crippen LogP) is 1.28. The number of rotatable bonds is 3. The molecule has 2 aliphatic carbocycles. The van der Waals surface area contributed by atoms with Crippen molar-refractivity contribution in [2.45, 2.75) is 32.1 Å². The van der Waals surface area contributed by atoms with Crippen LogP contribution in [0.15, 0.2) is 0 Å². The van der Waals surface area contributed by atoms with Gasteiger partial charge in [0.25, 0.3) is 0 Å². The fraction of sp³-hybridized carbons (Fsp3) is 0.636. The van der Waals surface area contributed by atoms with Crippen LogP contribution >= 0.6 is 0 Å². The lowest BCUT2D eigenvalue weighted by Gasteiger charge is -2.01. The third kappa shape index (κ3) is 1.15. The summed E-state index contributed by atoms with van der Waals surface area (Å²) in [7, 11) is 0. The first-order valence-corrected chi connectivity index (χ1v) is 6.21. The van der Waals surface area contributed by atoms with Crippen molar-refractivity contribution in [2.24, 2.45) is 11.8 Å². The summed E-state index contributed by atoms with van der Waals surface area (Å²) in [5, 5.41) is 21.6. The fourth-order valence-electron chi connectivity index (χ4n) is 3.42. The molecule has 2 aromatic rings. The minimum absolute atomic E-state index is 0.607. The van der Waals surface area contributed by atoms with Crippen molar-refractivity contribution in [2.75, 3.05) is 0 Å². The maximum Gasteiger partial charge on any atom is 0.225 e. The normalized spacial score (nSPS) is 29.1. The topological polar surface area (TPSA) is 83.1 Å². The Kier molecular flexibility index (Phi) is 1.73. The molecule has 1 fully saturated rings. The van der Waals surface area contributed by atoms with E-state index in [4.69, 9.17) is 0 Å². The van der Waals surface area contributed by atoms with Gasteiger partial charge in [0, 0.05) is 17.2 Å². The molecule has 0 saturated heterocycles. The van der Waals surface area contributed by atoms with Crippen molar-refractivity contribution in [1.82, 2.24) is 30.8 Å². The zero-order chi connectivity index (χ0) is 11.4. The first-order valence-electron chi connectivity index (χ1n) is 6.21. The Morgan fingerprint density at radius 2 is 2.29 bits per heavy atom. The van der Waals surface area contributed by atoms with E-state index in [0.29, 0.717) is 5.82 Å². The van der Waals surface area contributed by atoms with Crippen LogP contribution < -0.4 is 0 Å². The molecule has 0 radical (unpaired) electrons. The molecule has 6 nitrogen and oxygen atoms in total. The second-order valence-electron chi connectivity index (χ2n) is 5.05. The van der Waals surface area contributed by atoms with Crippen LogP contribution in [0.5, 0.6) is 0 Å². The zero-order valence-electron chi connectivity index (χ0n) is 9.64. The Labute approximate surface area is 98.2 Å². The number of hydrogen-bond acceptors (Lipinski definition) is 4. The Balaban J connectivity index is 1.68. The third-order valence-corrected chi connectivity index (χ3v) is 4.18. The van der Waals surface area contributed by atoms with E-state index < -0.39 is 0 Å². The molecule has 0 spiro atoms. The van der Waals surface area contributed by atoms with Gasteiger partial charge in [-0.25, -0.2) is 0 Å². The van der Waals surface area contributed by atoms with Gasteiger partial charge in [-0.05, 0) is 29.9 Å². The molecule has 88 valence electrons. The van der Waals surface area contributed by atoms with Crippen molar-refractivity contribution in [1.29, 1.82) is 0 Å². The number of fused-ring (bicyclic) bond motifs is 3. The average molecular weight is 230 g/mol. The van der Waals surface area contributed by atoms with Gasteiger partial charge in [0.05, 0.1) is 0 Å². The molecule has 0 amide bonds. The summed E-state index contributed by atoms with van der Waals surface area (Å²) in [6.07, 6.45) is 3.75. The number of hydrogen-bond donors (Lipinski definition) is 2. The highest BCUT2D eigenvalue weighted by molar-refractivity contribution is 5.59. The summed E-state index contributed by atoms with van der Waals surface area (Å²) in [6, 6.07) is 0. The number of aromatic nitrogens is 6. The van der Waals surface area contributed by atoms with Crippen molar-refractivity contribution in [3.63, 3.8) is 0 Å². The Hall–Kier alpha value is -1.72. The second-order valence-corrected chi connectivity index (χ2v) is 5.05. The van der Waals surface area contributed by atoms with Crippen LogP contribution in [0.3, 0.4) is 0 Å². The summed E-state index contributed by atoms with van der Waals surface area (Å²) in [5.41, 5.74) is 3.53. The van der Waals surface area contributed by atoms with Crippen LogP contribution in [0.1, 0.15) is 36.9 Å². The van der Waals surface area contributed by atoms with Crippen molar-refractivity contribution >= 4 is 0 Å². The van der Waals surface area contributed by atoms with Crippen LogP contribution in [-0.4, -0.2) is 30.8 Å². The minimum Gasteiger partial charge on any atom is -0.281 e. The van der Waals surface area contributed by atoms with Crippen LogP contribution in [0.4, 0.5) is 0 Å². The summed E-state index contributed by atoms with van der Waals surface area (Å²) < 4.78 is 0. The zero-order valence-corrected chi connectivity index (χ0v) is 9.64. The molecule has 2 heterocycles. The molecule has 0 aliphatic heterocycles. The van der Waals surface area contributed by atoms with E-state index in [9.17, 15) is 0 Å². The van der Waals surface area contributed by atoms with Crippen LogP contribution in [-0.2, 0) is 6.42 Å². The van der Waals surface area contributed by atoms with Gasteiger partial charge in [0.2, 0.25) is 5.82 Å². The third-order valence-electron chi connectivity index (χ3n) is 4.18. The Morgan fingerprint density at radius 1 is 1.35 bits per heavy atom. The fourth-order valence-corrected chi connectivity index (χ4v) is 3.42. The molecule has 6 heteroatoms. The average Bonchev–Trinajstić information content (AvgIpc) is 2.82. The molecule has 2 aromatic heterocycles. The van der Waals surface area contributed by atoms with E-state index >= 15 is 0 Å². The molecule has 17 heavy (non-hydrogen) atoms. The summed E-state index contributed by atoms with van der Waals surface area (Å²) in [6.45, 7) is 2.26. The van der Waals surface area contributed by atoms with Gasteiger partial charge in [-0.2, -0.15) is 10.3 Å². The van der Waals surface area contributed by atoms with E-state index in [1.165, 1.54) is 24.1 Å². The lowest BCUT2D eigenvalue weighted by molar-refractivity contribution is 0.620. The molecule has 1 saturated carbocycles. The van der Waals surface area contributed by atoms with E-state index in [1.807, 2.05) is 0 Å². The highest BCUT2D eigenvalue weighted by atomic mass is 15.5. The van der Waals surface area contributed by atoms with E-state index in [-0.39, 0.29) is 0 Å². The van der Waals surface area contributed by atoms with E-state index in [2.05, 4.69) is 37.7 Å². The number of nitrogens with one attached hydrogen (secondary N) is 2. The van der Waals surface area contributed by atoms with Crippen molar-refractivity contribution in [3.05, 3.63) is 11.3 Å². The summed E-state index contributed by atoms with van der Waals surface area (Å²) in [4.78, 5) is 0. The van der Waals surface area contributed by atoms with Crippen LogP contribution in [0.2, 0.25) is 0 Å². The molecular weight excluding hydrogens is 216 g/mol.